The Morgan fingerprint density at radius 3 is 2.26 bits per heavy atom. The normalized spacial score (nSPS) is 11.1. The maximum atomic E-state index is 13.3. The van der Waals surface area contributed by atoms with Crippen LogP contribution in [-0.4, -0.2) is 10.2 Å². The number of rotatable bonds is 5. The largest absolute Gasteiger partial charge is 0.420 e. The minimum Gasteiger partial charge on any atom is -0.420 e. The van der Waals surface area contributed by atoms with Crippen LogP contribution in [0.1, 0.15) is 38.5 Å². The minimum atomic E-state index is -0.238. The van der Waals surface area contributed by atoms with Crippen molar-refractivity contribution in [1.29, 1.82) is 0 Å². The lowest BCUT2D eigenvalue weighted by Crippen LogP contribution is -1.95. The summed E-state index contributed by atoms with van der Waals surface area (Å²) in [5, 5.41) is 8.30. The van der Waals surface area contributed by atoms with Crippen molar-refractivity contribution in [3.05, 3.63) is 60.2 Å². The SMILES string of the molecule is CCC(CC)c1nnc(-c2ccc(-c3cccc(F)c3)cc2)o1. The van der Waals surface area contributed by atoms with Crippen molar-refractivity contribution >= 4 is 0 Å². The summed E-state index contributed by atoms with van der Waals surface area (Å²) >= 11 is 0. The molecule has 4 heteroatoms. The molecule has 2 aromatic carbocycles. The van der Waals surface area contributed by atoms with E-state index in [-0.39, 0.29) is 5.82 Å². The molecule has 0 radical (unpaired) electrons. The van der Waals surface area contributed by atoms with Gasteiger partial charge < -0.3 is 4.42 Å². The summed E-state index contributed by atoms with van der Waals surface area (Å²) in [6.45, 7) is 4.23. The van der Waals surface area contributed by atoms with Gasteiger partial charge in [-0.2, -0.15) is 0 Å². The standard InChI is InChI=1S/C19H19FN2O/c1-3-13(4-2)18-21-22-19(23-18)15-10-8-14(9-11-15)16-6-5-7-17(20)12-16/h5-13H,3-4H2,1-2H3. The molecular formula is C19H19FN2O. The van der Waals surface area contributed by atoms with Crippen molar-refractivity contribution < 1.29 is 8.81 Å². The maximum Gasteiger partial charge on any atom is 0.247 e. The number of hydrogen-bond donors (Lipinski definition) is 0. The highest BCUT2D eigenvalue weighted by Gasteiger charge is 2.16. The Kier molecular flexibility index (Phi) is 4.51. The summed E-state index contributed by atoms with van der Waals surface area (Å²) in [5.41, 5.74) is 2.67. The van der Waals surface area contributed by atoms with E-state index in [9.17, 15) is 4.39 Å². The van der Waals surface area contributed by atoms with Crippen LogP contribution in [0.25, 0.3) is 22.6 Å². The van der Waals surface area contributed by atoms with E-state index in [2.05, 4.69) is 24.0 Å². The van der Waals surface area contributed by atoms with E-state index in [1.54, 1.807) is 6.07 Å². The molecule has 23 heavy (non-hydrogen) atoms. The first kappa shape index (κ1) is 15.4. The van der Waals surface area contributed by atoms with Crippen LogP contribution in [0.15, 0.2) is 52.9 Å². The van der Waals surface area contributed by atoms with Gasteiger partial charge in [0.2, 0.25) is 11.8 Å². The van der Waals surface area contributed by atoms with Crippen LogP contribution >= 0.6 is 0 Å². The smallest absolute Gasteiger partial charge is 0.247 e. The Balaban J connectivity index is 1.85. The van der Waals surface area contributed by atoms with Crippen molar-refractivity contribution in [2.45, 2.75) is 32.6 Å². The topological polar surface area (TPSA) is 38.9 Å². The molecule has 0 spiro atoms. The molecule has 3 aromatic rings. The predicted octanol–water partition coefficient (Wildman–Crippen LogP) is 5.45. The second kappa shape index (κ2) is 6.73. The van der Waals surface area contributed by atoms with Crippen LogP contribution in [0.4, 0.5) is 4.39 Å². The number of aromatic nitrogens is 2. The van der Waals surface area contributed by atoms with Crippen LogP contribution in [-0.2, 0) is 0 Å². The zero-order valence-corrected chi connectivity index (χ0v) is 13.3. The molecule has 0 aliphatic rings. The molecule has 0 unspecified atom stereocenters. The molecule has 3 nitrogen and oxygen atoms in total. The summed E-state index contributed by atoms with van der Waals surface area (Å²) in [5.74, 6) is 1.29. The second-order valence-corrected chi connectivity index (χ2v) is 5.55. The lowest BCUT2D eigenvalue weighted by atomic mass is 10.0. The summed E-state index contributed by atoms with van der Waals surface area (Å²) in [7, 11) is 0. The Hall–Kier alpha value is -2.49. The Morgan fingerprint density at radius 2 is 1.61 bits per heavy atom. The van der Waals surface area contributed by atoms with Gasteiger partial charge >= 0.3 is 0 Å². The molecule has 1 heterocycles. The lowest BCUT2D eigenvalue weighted by Gasteiger charge is -2.05. The van der Waals surface area contributed by atoms with Crippen LogP contribution in [0.3, 0.4) is 0 Å². The summed E-state index contributed by atoms with van der Waals surface area (Å²) < 4.78 is 19.1. The first-order valence-electron chi connectivity index (χ1n) is 7.91. The zero-order chi connectivity index (χ0) is 16.2. The van der Waals surface area contributed by atoms with Gasteiger partial charge in [-0.05, 0) is 48.2 Å². The first-order valence-corrected chi connectivity index (χ1v) is 7.91. The highest BCUT2D eigenvalue weighted by atomic mass is 19.1. The monoisotopic (exact) mass is 310 g/mol. The van der Waals surface area contributed by atoms with Crippen LogP contribution in [0, 0.1) is 5.82 Å². The molecule has 0 saturated heterocycles. The molecule has 0 amide bonds. The highest BCUT2D eigenvalue weighted by molar-refractivity contribution is 5.67. The minimum absolute atomic E-state index is 0.238. The van der Waals surface area contributed by atoms with Gasteiger partial charge in [-0.1, -0.05) is 38.1 Å². The number of nitrogens with zero attached hydrogens (tertiary/aromatic N) is 2. The fourth-order valence-corrected chi connectivity index (χ4v) is 2.63. The first-order chi connectivity index (χ1) is 11.2. The summed E-state index contributed by atoms with van der Waals surface area (Å²) in [6.07, 6.45) is 1.97. The third-order valence-electron chi connectivity index (χ3n) is 4.07. The maximum absolute atomic E-state index is 13.3. The molecule has 0 saturated carbocycles. The molecule has 0 atom stereocenters. The molecule has 0 fully saturated rings. The Morgan fingerprint density at radius 1 is 0.913 bits per heavy atom. The average molecular weight is 310 g/mol. The van der Waals surface area contributed by atoms with E-state index < -0.39 is 0 Å². The van der Waals surface area contributed by atoms with E-state index in [0.717, 1.165) is 29.5 Å². The van der Waals surface area contributed by atoms with Crippen molar-refractivity contribution in [2.24, 2.45) is 0 Å². The molecule has 0 N–H and O–H groups in total. The number of halogens is 1. The van der Waals surface area contributed by atoms with Gasteiger partial charge in [-0.25, -0.2) is 4.39 Å². The molecule has 0 bridgehead atoms. The zero-order valence-electron chi connectivity index (χ0n) is 13.3. The fourth-order valence-electron chi connectivity index (χ4n) is 2.63. The van der Waals surface area contributed by atoms with E-state index in [4.69, 9.17) is 4.42 Å². The Bertz CT molecular complexity index is 776. The van der Waals surface area contributed by atoms with Gasteiger partial charge in [0, 0.05) is 11.5 Å². The quantitative estimate of drug-likeness (QED) is 0.629. The number of benzene rings is 2. The van der Waals surface area contributed by atoms with E-state index >= 15 is 0 Å². The van der Waals surface area contributed by atoms with E-state index in [1.165, 1.54) is 12.1 Å². The fraction of sp³-hybridized carbons (Fsp3) is 0.263. The van der Waals surface area contributed by atoms with E-state index in [0.29, 0.717) is 17.7 Å². The molecule has 1 aromatic heterocycles. The van der Waals surface area contributed by atoms with Crippen molar-refractivity contribution in [1.82, 2.24) is 10.2 Å². The van der Waals surface area contributed by atoms with Crippen molar-refractivity contribution in [3.63, 3.8) is 0 Å². The third kappa shape index (κ3) is 3.31. The van der Waals surface area contributed by atoms with E-state index in [1.807, 2.05) is 30.3 Å². The highest BCUT2D eigenvalue weighted by Crippen LogP contribution is 2.27. The molecule has 118 valence electrons. The number of hydrogen-bond acceptors (Lipinski definition) is 3. The van der Waals surface area contributed by atoms with Gasteiger partial charge in [-0.15, -0.1) is 10.2 Å². The van der Waals surface area contributed by atoms with Gasteiger partial charge in [0.15, 0.2) is 0 Å². The van der Waals surface area contributed by atoms with Gasteiger partial charge in [0.1, 0.15) is 5.82 Å². The second-order valence-electron chi connectivity index (χ2n) is 5.55. The molecule has 0 aliphatic heterocycles. The molecular weight excluding hydrogens is 291 g/mol. The van der Waals surface area contributed by atoms with Crippen LogP contribution in [0.5, 0.6) is 0 Å². The molecule has 0 aliphatic carbocycles. The van der Waals surface area contributed by atoms with Gasteiger partial charge in [-0.3, -0.25) is 0 Å². The van der Waals surface area contributed by atoms with Gasteiger partial charge in [0.05, 0.1) is 0 Å². The van der Waals surface area contributed by atoms with Crippen LogP contribution in [0.2, 0.25) is 0 Å². The van der Waals surface area contributed by atoms with Crippen molar-refractivity contribution in [3.8, 4) is 22.6 Å². The van der Waals surface area contributed by atoms with Crippen molar-refractivity contribution in [2.75, 3.05) is 0 Å². The van der Waals surface area contributed by atoms with Gasteiger partial charge in [0.25, 0.3) is 0 Å². The Labute approximate surface area is 135 Å². The lowest BCUT2D eigenvalue weighted by molar-refractivity contribution is 0.439. The average Bonchev–Trinajstić information content (AvgIpc) is 3.06. The predicted molar refractivity (Wildman–Crippen MR) is 88.5 cm³/mol. The summed E-state index contributed by atoms with van der Waals surface area (Å²) in [4.78, 5) is 0. The summed E-state index contributed by atoms with van der Waals surface area (Å²) in [6, 6.07) is 14.3. The molecule has 3 rings (SSSR count). The van der Waals surface area contributed by atoms with Crippen LogP contribution < -0.4 is 0 Å². The third-order valence-corrected chi connectivity index (χ3v) is 4.07.